The van der Waals surface area contributed by atoms with Crippen LogP contribution >= 0.6 is 0 Å². The molecule has 0 aromatic carbocycles. The van der Waals surface area contributed by atoms with Crippen molar-refractivity contribution in [2.75, 3.05) is 13.6 Å². The number of likely N-dealkylation sites (N-methyl/N-ethyl adjacent to an activating group) is 1. The number of aromatic amines is 1. The van der Waals surface area contributed by atoms with E-state index in [0.717, 1.165) is 30.0 Å². The van der Waals surface area contributed by atoms with Gasteiger partial charge in [-0.05, 0) is 40.2 Å². The molecule has 28 heavy (non-hydrogen) atoms. The van der Waals surface area contributed by atoms with Gasteiger partial charge in [0.1, 0.15) is 6.04 Å². The largest absolute Gasteiger partial charge is 0.348 e. The van der Waals surface area contributed by atoms with Gasteiger partial charge in [-0.25, -0.2) is 9.78 Å². The fraction of sp³-hybridized carbons (Fsp3) is 0.474. The number of aryl methyl sites for hydroxylation is 4. The SMILES string of the molecule is CC1=C(C(=O)N(C)CCCn2nc(C)cc2C)C(c2nc[nH]c2C)NC(=O)N1. The molecule has 9 nitrogen and oxygen atoms in total. The van der Waals surface area contributed by atoms with Crippen LogP contribution in [0.3, 0.4) is 0 Å². The van der Waals surface area contributed by atoms with Gasteiger partial charge in [0, 0.05) is 37.2 Å². The van der Waals surface area contributed by atoms with E-state index >= 15 is 0 Å². The predicted molar refractivity (Wildman–Crippen MR) is 104 cm³/mol. The number of rotatable bonds is 6. The number of hydrogen-bond acceptors (Lipinski definition) is 4. The number of aromatic nitrogens is 4. The summed E-state index contributed by atoms with van der Waals surface area (Å²) in [5, 5.41) is 9.97. The van der Waals surface area contributed by atoms with Gasteiger partial charge in [0.05, 0.1) is 23.3 Å². The lowest BCUT2D eigenvalue weighted by Crippen LogP contribution is -2.47. The van der Waals surface area contributed by atoms with Crippen LogP contribution in [0.2, 0.25) is 0 Å². The number of H-pyrrole nitrogens is 1. The maximum Gasteiger partial charge on any atom is 0.319 e. The number of nitrogens with zero attached hydrogens (tertiary/aromatic N) is 4. The van der Waals surface area contributed by atoms with Gasteiger partial charge >= 0.3 is 6.03 Å². The molecule has 1 aliphatic rings. The molecular weight excluding hydrogens is 358 g/mol. The van der Waals surface area contributed by atoms with Gasteiger partial charge in [0.25, 0.3) is 5.91 Å². The molecule has 150 valence electrons. The standard InChI is InChI=1S/C19H27N7O2/c1-11-9-12(2)26(24-11)8-6-7-25(5)18(27)15-13(3)22-19(28)23-17(15)16-14(4)20-10-21-16/h9-10,17H,6-8H2,1-5H3,(H,20,21)(H2,22,23,28). The summed E-state index contributed by atoms with van der Waals surface area (Å²) in [6.07, 6.45) is 2.34. The second kappa shape index (κ2) is 7.87. The average molecular weight is 385 g/mol. The Morgan fingerprint density at radius 2 is 2.04 bits per heavy atom. The van der Waals surface area contributed by atoms with Crippen LogP contribution in [-0.4, -0.2) is 50.2 Å². The number of carbonyl (C=O) groups is 2. The van der Waals surface area contributed by atoms with Crippen LogP contribution in [0.1, 0.15) is 42.2 Å². The van der Waals surface area contributed by atoms with Crippen LogP contribution in [0, 0.1) is 20.8 Å². The van der Waals surface area contributed by atoms with E-state index in [1.807, 2.05) is 31.5 Å². The van der Waals surface area contributed by atoms with E-state index in [-0.39, 0.29) is 11.9 Å². The average Bonchev–Trinajstić information content (AvgIpc) is 3.18. The minimum Gasteiger partial charge on any atom is -0.348 e. The number of hydrogen-bond donors (Lipinski definition) is 3. The summed E-state index contributed by atoms with van der Waals surface area (Å²) in [6.45, 7) is 8.92. The van der Waals surface area contributed by atoms with Crippen LogP contribution in [-0.2, 0) is 11.3 Å². The number of amides is 3. The molecule has 3 rings (SSSR count). The van der Waals surface area contributed by atoms with E-state index in [1.165, 1.54) is 0 Å². The van der Waals surface area contributed by atoms with Crippen LogP contribution in [0.25, 0.3) is 0 Å². The van der Waals surface area contributed by atoms with E-state index < -0.39 is 6.04 Å². The van der Waals surface area contributed by atoms with Gasteiger partial charge in [-0.3, -0.25) is 9.48 Å². The summed E-state index contributed by atoms with van der Waals surface area (Å²) < 4.78 is 1.95. The number of imidazole rings is 1. The minimum atomic E-state index is -0.578. The quantitative estimate of drug-likeness (QED) is 0.703. The first-order chi connectivity index (χ1) is 13.3. The Hall–Kier alpha value is -3.10. The Labute approximate surface area is 164 Å². The second-order valence-corrected chi connectivity index (χ2v) is 7.21. The highest BCUT2D eigenvalue weighted by atomic mass is 16.2. The predicted octanol–water partition coefficient (Wildman–Crippen LogP) is 1.71. The number of urea groups is 1. The lowest BCUT2D eigenvalue weighted by molar-refractivity contribution is -0.126. The zero-order chi connectivity index (χ0) is 20.4. The zero-order valence-electron chi connectivity index (χ0n) is 17.0. The first-order valence-corrected chi connectivity index (χ1v) is 9.32. The highest BCUT2D eigenvalue weighted by molar-refractivity contribution is 5.98. The Balaban J connectivity index is 1.72. The highest BCUT2D eigenvalue weighted by Gasteiger charge is 2.34. The van der Waals surface area contributed by atoms with E-state index in [0.29, 0.717) is 23.5 Å². The Bertz CT molecular complexity index is 925. The van der Waals surface area contributed by atoms with E-state index in [2.05, 4.69) is 25.7 Å². The van der Waals surface area contributed by atoms with E-state index in [9.17, 15) is 9.59 Å². The summed E-state index contributed by atoms with van der Waals surface area (Å²) in [4.78, 5) is 34.1. The molecule has 9 heteroatoms. The lowest BCUT2D eigenvalue weighted by atomic mass is 9.97. The fourth-order valence-electron chi connectivity index (χ4n) is 3.51. The molecule has 0 saturated carbocycles. The molecule has 2 aromatic heterocycles. The van der Waals surface area contributed by atoms with E-state index in [1.54, 1.807) is 25.2 Å². The van der Waals surface area contributed by atoms with Gasteiger partial charge in [-0.2, -0.15) is 5.10 Å². The molecule has 1 unspecified atom stereocenters. The third-order valence-electron chi connectivity index (χ3n) is 4.96. The Morgan fingerprint density at radius 3 is 2.64 bits per heavy atom. The Morgan fingerprint density at radius 1 is 1.29 bits per heavy atom. The molecule has 0 fully saturated rings. The topological polar surface area (TPSA) is 108 Å². The summed E-state index contributed by atoms with van der Waals surface area (Å²) in [5.74, 6) is -0.134. The molecule has 3 amide bonds. The van der Waals surface area contributed by atoms with Crippen LogP contribution in [0.4, 0.5) is 4.79 Å². The molecular formula is C19H27N7O2. The van der Waals surface area contributed by atoms with Crippen molar-refractivity contribution in [2.24, 2.45) is 0 Å². The number of allylic oxidation sites excluding steroid dienone is 1. The van der Waals surface area contributed by atoms with Crippen molar-refractivity contribution >= 4 is 11.9 Å². The van der Waals surface area contributed by atoms with Crippen molar-refractivity contribution in [3.63, 3.8) is 0 Å². The van der Waals surface area contributed by atoms with Crippen LogP contribution in [0.5, 0.6) is 0 Å². The molecule has 3 heterocycles. The molecule has 1 aliphatic heterocycles. The molecule has 0 aliphatic carbocycles. The minimum absolute atomic E-state index is 0.134. The van der Waals surface area contributed by atoms with E-state index in [4.69, 9.17) is 0 Å². The first kappa shape index (κ1) is 19.7. The lowest BCUT2D eigenvalue weighted by Gasteiger charge is -2.30. The summed E-state index contributed by atoms with van der Waals surface area (Å²) >= 11 is 0. The highest BCUT2D eigenvalue weighted by Crippen LogP contribution is 2.28. The van der Waals surface area contributed by atoms with Crippen molar-refractivity contribution in [2.45, 2.75) is 46.7 Å². The van der Waals surface area contributed by atoms with Crippen molar-refractivity contribution in [1.82, 2.24) is 35.3 Å². The smallest absolute Gasteiger partial charge is 0.319 e. The maximum absolute atomic E-state index is 13.2. The van der Waals surface area contributed by atoms with Crippen molar-refractivity contribution < 1.29 is 9.59 Å². The van der Waals surface area contributed by atoms with Gasteiger partial charge in [-0.15, -0.1) is 0 Å². The van der Waals surface area contributed by atoms with Gasteiger partial charge in [-0.1, -0.05) is 0 Å². The first-order valence-electron chi connectivity index (χ1n) is 9.32. The summed E-state index contributed by atoms with van der Waals surface area (Å²) in [6, 6.07) is 1.12. The van der Waals surface area contributed by atoms with Crippen LogP contribution in [0.15, 0.2) is 23.7 Å². The molecule has 2 aromatic rings. The number of nitrogens with one attached hydrogen (secondary N) is 3. The van der Waals surface area contributed by atoms with Gasteiger partial charge < -0.3 is 20.5 Å². The fourth-order valence-corrected chi connectivity index (χ4v) is 3.51. The third kappa shape index (κ3) is 3.92. The monoisotopic (exact) mass is 385 g/mol. The molecule has 0 bridgehead atoms. The van der Waals surface area contributed by atoms with Gasteiger partial charge in [0.15, 0.2) is 0 Å². The molecule has 0 spiro atoms. The second-order valence-electron chi connectivity index (χ2n) is 7.21. The third-order valence-corrected chi connectivity index (χ3v) is 4.96. The molecule has 0 radical (unpaired) electrons. The zero-order valence-corrected chi connectivity index (χ0v) is 17.0. The summed E-state index contributed by atoms with van der Waals surface area (Å²) in [5.41, 5.74) is 4.61. The molecule has 3 N–H and O–H groups in total. The van der Waals surface area contributed by atoms with Crippen molar-refractivity contribution in [3.05, 3.63) is 46.4 Å². The normalized spacial score (nSPS) is 16.8. The van der Waals surface area contributed by atoms with Crippen LogP contribution < -0.4 is 10.6 Å². The number of carbonyl (C=O) groups excluding carboxylic acids is 2. The maximum atomic E-state index is 13.2. The van der Waals surface area contributed by atoms with Crippen molar-refractivity contribution in [3.8, 4) is 0 Å². The Kier molecular flexibility index (Phi) is 5.53. The molecule has 1 atom stereocenters. The molecule has 0 saturated heterocycles. The summed E-state index contributed by atoms with van der Waals surface area (Å²) in [7, 11) is 1.77. The van der Waals surface area contributed by atoms with Crippen molar-refractivity contribution in [1.29, 1.82) is 0 Å². The van der Waals surface area contributed by atoms with Gasteiger partial charge in [0.2, 0.25) is 0 Å².